The number of rotatable bonds is 4. The highest BCUT2D eigenvalue weighted by Crippen LogP contribution is 2.40. The topological polar surface area (TPSA) is 3.24 Å². The molecule has 0 fully saturated rings. The molecule has 8 aromatic carbocycles. The van der Waals surface area contributed by atoms with Crippen LogP contribution in [0.5, 0.6) is 0 Å². The van der Waals surface area contributed by atoms with Crippen molar-refractivity contribution in [2.24, 2.45) is 0 Å². The van der Waals surface area contributed by atoms with Gasteiger partial charge in [0, 0.05) is 17.1 Å². The van der Waals surface area contributed by atoms with Gasteiger partial charge < -0.3 is 4.90 Å². The van der Waals surface area contributed by atoms with Gasteiger partial charge in [0.15, 0.2) is 0 Å². The van der Waals surface area contributed by atoms with Gasteiger partial charge in [0.2, 0.25) is 0 Å². The second-order valence-electron chi connectivity index (χ2n) is 10.6. The molecule has 0 aliphatic heterocycles. The van der Waals surface area contributed by atoms with Crippen molar-refractivity contribution in [2.75, 3.05) is 4.90 Å². The minimum Gasteiger partial charge on any atom is -0.310 e. The van der Waals surface area contributed by atoms with Crippen LogP contribution in [0.15, 0.2) is 164 Å². The fourth-order valence-electron chi connectivity index (χ4n) is 6.17. The molecule has 0 spiro atoms. The molecule has 0 bridgehead atoms. The summed E-state index contributed by atoms with van der Waals surface area (Å²) in [6.07, 6.45) is 0. The van der Waals surface area contributed by atoms with Gasteiger partial charge in [-0.15, -0.1) is 0 Å². The molecule has 1 heteroatoms. The first-order valence-corrected chi connectivity index (χ1v) is 14.1. The molecule has 41 heavy (non-hydrogen) atoms. The molecular weight excluding hydrogens is 494 g/mol. The molecule has 192 valence electrons. The van der Waals surface area contributed by atoms with Crippen molar-refractivity contribution in [1.82, 2.24) is 0 Å². The van der Waals surface area contributed by atoms with Crippen molar-refractivity contribution >= 4 is 60.2 Å². The van der Waals surface area contributed by atoms with Crippen molar-refractivity contribution in [3.63, 3.8) is 0 Å². The summed E-state index contributed by atoms with van der Waals surface area (Å²) in [5.41, 5.74) is 5.82. The van der Waals surface area contributed by atoms with Gasteiger partial charge in [0.25, 0.3) is 0 Å². The van der Waals surface area contributed by atoms with Crippen molar-refractivity contribution in [1.29, 1.82) is 0 Å². The maximum atomic E-state index is 2.38. The van der Waals surface area contributed by atoms with E-state index in [0.717, 1.165) is 17.1 Å². The summed E-state index contributed by atoms with van der Waals surface area (Å²) in [5, 5.41) is 10.1. The number of hydrogen-bond acceptors (Lipinski definition) is 1. The molecule has 0 aliphatic carbocycles. The van der Waals surface area contributed by atoms with Gasteiger partial charge >= 0.3 is 0 Å². The van der Waals surface area contributed by atoms with Gasteiger partial charge in [-0.1, -0.05) is 127 Å². The van der Waals surface area contributed by atoms with Crippen molar-refractivity contribution in [2.45, 2.75) is 0 Å². The Morgan fingerprint density at radius 2 is 0.805 bits per heavy atom. The van der Waals surface area contributed by atoms with Gasteiger partial charge in [0.05, 0.1) is 0 Å². The Morgan fingerprint density at radius 1 is 0.268 bits per heavy atom. The molecule has 0 saturated carbocycles. The van der Waals surface area contributed by atoms with Crippen LogP contribution in [0.2, 0.25) is 0 Å². The zero-order valence-electron chi connectivity index (χ0n) is 22.5. The molecule has 0 saturated heterocycles. The maximum absolute atomic E-state index is 2.38. The third-order valence-electron chi connectivity index (χ3n) is 8.19. The fourth-order valence-corrected chi connectivity index (χ4v) is 6.17. The van der Waals surface area contributed by atoms with Crippen LogP contribution in [-0.4, -0.2) is 0 Å². The quantitative estimate of drug-likeness (QED) is 0.208. The third kappa shape index (κ3) is 4.11. The molecule has 0 unspecified atom stereocenters. The SMILES string of the molecule is c1ccc(-c2cccc(N(c3ccc4ccccc4c3)c3ccc4c(ccc5c6ccccc6ccc45)c3)c2)cc1. The average molecular weight is 522 g/mol. The molecule has 0 N–H and O–H groups in total. The Bertz CT molecular complexity index is 2210. The molecule has 8 aromatic rings. The summed E-state index contributed by atoms with van der Waals surface area (Å²) >= 11 is 0. The smallest absolute Gasteiger partial charge is 0.0468 e. The molecule has 0 aliphatic rings. The van der Waals surface area contributed by atoms with E-state index in [2.05, 4.69) is 169 Å². The average Bonchev–Trinajstić information content (AvgIpc) is 3.05. The Hall–Kier alpha value is -5.40. The Balaban J connectivity index is 1.33. The Morgan fingerprint density at radius 3 is 1.63 bits per heavy atom. The normalized spacial score (nSPS) is 11.4. The Labute approximate surface area is 239 Å². The van der Waals surface area contributed by atoms with E-state index in [1.807, 2.05) is 0 Å². The molecular formula is C40H27N. The van der Waals surface area contributed by atoms with Gasteiger partial charge in [-0.2, -0.15) is 0 Å². The van der Waals surface area contributed by atoms with E-state index < -0.39 is 0 Å². The minimum absolute atomic E-state index is 1.13. The highest BCUT2D eigenvalue weighted by molar-refractivity contribution is 6.17. The highest BCUT2D eigenvalue weighted by atomic mass is 15.1. The van der Waals surface area contributed by atoms with Crippen LogP contribution < -0.4 is 4.90 Å². The van der Waals surface area contributed by atoms with Gasteiger partial charge in [-0.05, 0) is 90.6 Å². The van der Waals surface area contributed by atoms with E-state index in [1.54, 1.807) is 0 Å². The summed E-state index contributed by atoms with van der Waals surface area (Å²) in [7, 11) is 0. The molecule has 0 amide bonds. The molecule has 1 nitrogen and oxygen atoms in total. The lowest BCUT2D eigenvalue weighted by Gasteiger charge is -2.27. The summed E-state index contributed by atoms with van der Waals surface area (Å²) in [6.45, 7) is 0. The largest absolute Gasteiger partial charge is 0.310 e. The molecule has 0 heterocycles. The van der Waals surface area contributed by atoms with Crippen LogP contribution in [0, 0.1) is 0 Å². The number of hydrogen-bond donors (Lipinski definition) is 0. The second-order valence-corrected chi connectivity index (χ2v) is 10.6. The van der Waals surface area contributed by atoms with Crippen LogP contribution >= 0.6 is 0 Å². The third-order valence-corrected chi connectivity index (χ3v) is 8.19. The first kappa shape index (κ1) is 23.5. The first-order chi connectivity index (χ1) is 20.3. The van der Waals surface area contributed by atoms with E-state index in [0.29, 0.717) is 0 Å². The van der Waals surface area contributed by atoms with Crippen molar-refractivity contribution < 1.29 is 0 Å². The summed E-state index contributed by atoms with van der Waals surface area (Å²) < 4.78 is 0. The van der Waals surface area contributed by atoms with Crippen LogP contribution in [0.1, 0.15) is 0 Å². The van der Waals surface area contributed by atoms with Crippen LogP contribution in [-0.2, 0) is 0 Å². The Kier molecular flexibility index (Phi) is 5.53. The van der Waals surface area contributed by atoms with Crippen LogP contribution in [0.3, 0.4) is 0 Å². The minimum atomic E-state index is 1.13. The van der Waals surface area contributed by atoms with Crippen molar-refractivity contribution in [3.8, 4) is 11.1 Å². The second kappa shape index (κ2) is 9.66. The van der Waals surface area contributed by atoms with E-state index in [4.69, 9.17) is 0 Å². The number of nitrogens with zero attached hydrogens (tertiary/aromatic N) is 1. The summed E-state index contributed by atoms with van der Waals surface area (Å²) in [5.74, 6) is 0. The molecule has 0 radical (unpaired) electrons. The highest BCUT2D eigenvalue weighted by Gasteiger charge is 2.15. The van der Waals surface area contributed by atoms with Gasteiger partial charge in [-0.25, -0.2) is 0 Å². The maximum Gasteiger partial charge on any atom is 0.0468 e. The van der Waals surface area contributed by atoms with E-state index in [1.165, 1.54) is 54.2 Å². The van der Waals surface area contributed by atoms with E-state index in [-0.39, 0.29) is 0 Å². The fraction of sp³-hybridized carbons (Fsp3) is 0. The van der Waals surface area contributed by atoms with Crippen LogP contribution in [0.25, 0.3) is 54.2 Å². The lowest BCUT2D eigenvalue weighted by molar-refractivity contribution is 1.29. The molecule has 0 aromatic heterocycles. The number of anilines is 3. The van der Waals surface area contributed by atoms with E-state index >= 15 is 0 Å². The predicted molar refractivity (Wildman–Crippen MR) is 177 cm³/mol. The first-order valence-electron chi connectivity index (χ1n) is 14.1. The molecule has 8 rings (SSSR count). The number of benzene rings is 8. The van der Waals surface area contributed by atoms with Crippen LogP contribution in [0.4, 0.5) is 17.1 Å². The summed E-state index contributed by atoms with van der Waals surface area (Å²) in [6, 6.07) is 59.3. The van der Waals surface area contributed by atoms with Crippen molar-refractivity contribution in [3.05, 3.63) is 164 Å². The summed E-state index contributed by atoms with van der Waals surface area (Å²) in [4.78, 5) is 2.38. The standard InChI is InChI=1S/C40H27N/c1-2-9-28(10-3-1)32-14-8-15-34(25-32)41(35-20-17-29-11-4-5-13-31(29)26-35)36-21-24-38-33(27-36)19-23-39-37-16-7-6-12-30(37)18-22-40(38)39/h1-27H. The zero-order valence-corrected chi connectivity index (χ0v) is 22.5. The number of fused-ring (bicyclic) bond motifs is 6. The lowest BCUT2D eigenvalue weighted by Crippen LogP contribution is -2.10. The van der Waals surface area contributed by atoms with E-state index in [9.17, 15) is 0 Å². The van der Waals surface area contributed by atoms with Gasteiger partial charge in [0.1, 0.15) is 0 Å². The van der Waals surface area contributed by atoms with Gasteiger partial charge in [-0.3, -0.25) is 0 Å². The zero-order chi connectivity index (χ0) is 27.2. The lowest BCUT2D eigenvalue weighted by atomic mass is 9.96. The monoisotopic (exact) mass is 521 g/mol. The predicted octanol–water partition coefficient (Wildman–Crippen LogP) is 11.4. The molecule has 0 atom stereocenters.